The zero-order valence-corrected chi connectivity index (χ0v) is 10.6. The lowest BCUT2D eigenvalue weighted by Crippen LogP contribution is -2.09. The van der Waals surface area contributed by atoms with Crippen LogP contribution in [0.4, 0.5) is 5.69 Å². The number of carbonyl (C=O) groups excluding carboxylic acids is 1. The number of nitrogen functional groups attached to an aromatic ring is 1. The zero-order chi connectivity index (χ0) is 13.1. The zero-order valence-electron chi connectivity index (χ0n) is 10.6. The molecule has 96 valence electrons. The van der Waals surface area contributed by atoms with Gasteiger partial charge in [0.2, 0.25) is 0 Å². The first-order chi connectivity index (χ1) is 8.61. The molecule has 0 fully saturated rings. The van der Waals surface area contributed by atoms with Crippen molar-refractivity contribution in [3.05, 3.63) is 24.0 Å². The lowest BCUT2D eigenvalue weighted by Gasteiger charge is -2.06. The van der Waals surface area contributed by atoms with Crippen molar-refractivity contribution in [3.63, 3.8) is 0 Å². The van der Waals surface area contributed by atoms with Gasteiger partial charge in [-0.1, -0.05) is 0 Å². The molecule has 5 nitrogen and oxygen atoms in total. The summed E-state index contributed by atoms with van der Waals surface area (Å²) in [6, 6.07) is 5.60. The minimum atomic E-state index is -0.186. The Morgan fingerprint density at radius 2 is 2.28 bits per heavy atom. The number of benzene rings is 1. The summed E-state index contributed by atoms with van der Waals surface area (Å²) >= 11 is 0. The molecule has 0 radical (unpaired) electrons. The Hall–Kier alpha value is -2.04. The van der Waals surface area contributed by atoms with Gasteiger partial charge in [0.25, 0.3) is 0 Å². The molecule has 0 bridgehead atoms. The largest absolute Gasteiger partial charge is 0.466 e. The second-order valence-electron chi connectivity index (χ2n) is 4.11. The van der Waals surface area contributed by atoms with Gasteiger partial charge in [-0.3, -0.25) is 4.79 Å². The van der Waals surface area contributed by atoms with Crippen molar-refractivity contribution < 1.29 is 9.53 Å². The van der Waals surface area contributed by atoms with E-state index in [0.717, 1.165) is 16.9 Å². The van der Waals surface area contributed by atoms with Crippen LogP contribution in [-0.2, 0) is 16.1 Å². The summed E-state index contributed by atoms with van der Waals surface area (Å²) in [5, 5.41) is 0. The van der Waals surface area contributed by atoms with E-state index in [0.29, 0.717) is 25.3 Å². The van der Waals surface area contributed by atoms with Crippen molar-refractivity contribution in [3.8, 4) is 0 Å². The molecule has 0 aliphatic carbocycles. The second-order valence-corrected chi connectivity index (χ2v) is 4.11. The average molecular weight is 247 g/mol. The molecule has 18 heavy (non-hydrogen) atoms. The van der Waals surface area contributed by atoms with E-state index in [1.165, 1.54) is 0 Å². The van der Waals surface area contributed by atoms with Gasteiger partial charge in [-0.25, -0.2) is 4.98 Å². The van der Waals surface area contributed by atoms with Gasteiger partial charge in [-0.05, 0) is 32.0 Å². The van der Waals surface area contributed by atoms with Crippen LogP contribution in [0, 0.1) is 6.92 Å². The minimum absolute atomic E-state index is 0.186. The molecule has 0 saturated heterocycles. The van der Waals surface area contributed by atoms with Gasteiger partial charge in [-0.2, -0.15) is 0 Å². The summed E-state index contributed by atoms with van der Waals surface area (Å²) in [5.74, 6) is 0.689. The molecule has 0 saturated carbocycles. The van der Waals surface area contributed by atoms with Crippen LogP contribution in [0.2, 0.25) is 0 Å². The Bertz CT molecular complexity index is 575. The standard InChI is InChI=1S/C13H17N3O2/c1-3-18-13(17)6-7-16-9(2)15-11-8-10(14)4-5-12(11)16/h4-5,8H,3,6-7,14H2,1-2H3. The van der Waals surface area contributed by atoms with Crippen LogP contribution in [0.3, 0.4) is 0 Å². The minimum Gasteiger partial charge on any atom is -0.466 e. The maximum absolute atomic E-state index is 11.4. The summed E-state index contributed by atoms with van der Waals surface area (Å²) < 4.78 is 6.92. The van der Waals surface area contributed by atoms with Crippen molar-refractivity contribution in [2.75, 3.05) is 12.3 Å². The van der Waals surface area contributed by atoms with Crippen LogP contribution >= 0.6 is 0 Å². The molecule has 0 spiro atoms. The van der Waals surface area contributed by atoms with Gasteiger partial charge >= 0.3 is 5.97 Å². The number of anilines is 1. The predicted molar refractivity (Wildman–Crippen MR) is 70.1 cm³/mol. The normalized spacial score (nSPS) is 10.8. The number of esters is 1. The van der Waals surface area contributed by atoms with Crippen molar-refractivity contribution in [2.45, 2.75) is 26.8 Å². The number of hydrogen-bond donors (Lipinski definition) is 1. The van der Waals surface area contributed by atoms with Gasteiger partial charge in [0.1, 0.15) is 5.82 Å². The Morgan fingerprint density at radius 1 is 1.50 bits per heavy atom. The van der Waals surface area contributed by atoms with Crippen LogP contribution in [0.15, 0.2) is 18.2 Å². The van der Waals surface area contributed by atoms with E-state index in [1.54, 1.807) is 6.92 Å². The molecule has 2 aromatic rings. The molecule has 0 atom stereocenters. The molecule has 1 heterocycles. The summed E-state index contributed by atoms with van der Waals surface area (Å²) in [7, 11) is 0. The smallest absolute Gasteiger partial charge is 0.307 e. The van der Waals surface area contributed by atoms with Gasteiger partial charge < -0.3 is 15.0 Å². The first-order valence-corrected chi connectivity index (χ1v) is 5.99. The number of fused-ring (bicyclic) bond motifs is 1. The number of nitrogens with zero attached hydrogens (tertiary/aromatic N) is 2. The molecular weight excluding hydrogens is 230 g/mol. The number of nitrogens with two attached hydrogens (primary N) is 1. The van der Waals surface area contributed by atoms with Crippen LogP contribution < -0.4 is 5.73 Å². The Kier molecular flexibility index (Phi) is 3.50. The summed E-state index contributed by atoms with van der Waals surface area (Å²) in [6.45, 7) is 4.71. The Balaban J connectivity index is 2.22. The Labute approximate surface area is 106 Å². The molecule has 0 aliphatic heterocycles. The molecule has 0 unspecified atom stereocenters. The van der Waals surface area contributed by atoms with E-state index in [2.05, 4.69) is 4.98 Å². The fourth-order valence-electron chi connectivity index (χ4n) is 1.99. The summed E-state index contributed by atoms with van der Waals surface area (Å²) in [5.41, 5.74) is 8.26. The molecule has 2 N–H and O–H groups in total. The summed E-state index contributed by atoms with van der Waals surface area (Å²) in [6.07, 6.45) is 0.352. The maximum Gasteiger partial charge on any atom is 0.307 e. The van der Waals surface area contributed by atoms with E-state index in [4.69, 9.17) is 10.5 Å². The van der Waals surface area contributed by atoms with Crippen LogP contribution in [0.5, 0.6) is 0 Å². The molecule has 0 amide bonds. The topological polar surface area (TPSA) is 70.1 Å². The average Bonchev–Trinajstić information content (AvgIpc) is 2.61. The highest BCUT2D eigenvalue weighted by Crippen LogP contribution is 2.19. The van der Waals surface area contributed by atoms with Gasteiger partial charge in [0.15, 0.2) is 0 Å². The van der Waals surface area contributed by atoms with Crippen LogP contribution in [0.1, 0.15) is 19.2 Å². The predicted octanol–water partition coefficient (Wildman–Crippen LogP) is 1.88. The monoisotopic (exact) mass is 247 g/mol. The maximum atomic E-state index is 11.4. The van der Waals surface area contributed by atoms with Gasteiger partial charge in [0, 0.05) is 12.2 Å². The lowest BCUT2D eigenvalue weighted by molar-refractivity contribution is -0.143. The van der Waals surface area contributed by atoms with E-state index in [1.807, 2.05) is 29.7 Å². The number of ether oxygens (including phenoxy) is 1. The highest BCUT2D eigenvalue weighted by atomic mass is 16.5. The fraction of sp³-hybridized carbons (Fsp3) is 0.385. The van der Waals surface area contributed by atoms with Gasteiger partial charge in [-0.15, -0.1) is 0 Å². The van der Waals surface area contributed by atoms with Crippen molar-refractivity contribution >= 4 is 22.7 Å². The van der Waals surface area contributed by atoms with Crippen molar-refractivity contribution in [1.82, 2.24) is 9.55 Å². The number of imidazole rings is 1. The van der Waals surface area contributed by atoms with E-state index in [-0.39, 0.29) is 5.97 Å². The number of carbonyl (C=O) groups is 1. The first-order valence-electron chi connectivity index (χ1n) is 5.99. The van der Waals surface area contributed by atoms with E-state index < -0.39 is 0 Å². The fourth-order valence-corrected chi connectivity index (χ4v) is 1.99. The van der Waals surface area contributed by atoms with E-state index in [9.17, 15) is 4.79 Å². The lowest BCUT2D eigenvalue weighted by atomic mass is 10.3. The molecule has 2 rings (SSSR count). The number of aromatic nitrogens is 2. The molecule has 0 aliphatic rings. The second kappa shape index (κ2) is 5.08. The Morgan fingerprint density at radius 3 is 3.00 bits per heavy atom. The third-order valence-corrected chi connectivity index (χ3v) is 2.81. The third kappa shape index (κ3) is 2.45. The van der Waals surface area contributed by atoms with Gasteiger partial charge in [0.05, 0.1) is 24.1 Å². The highest BCUT2D eigenvalue weighted by molar-refractivity contribution is 5.80. The number of aryl methyl sites for hydroxylation is 2. The quantitative estimate of drug-likeness (QED) is 0.661. The van der Waals surface area contributed by atoms with Crippen molar-refractivity contribution in [1.29, 1.82) is 0 Å². The summed E-state index contributed by atoms with van der Waals surface area (Å²) in [4.78, 5) is 15.8. The number of rotatable bonds is 4. The molecule has 1 aromatic heterocycles. The molecule has 1 aromatic carbocycles. The third-order valence-electron chi connectivity index (χ3n) is 2.81. The highest BCUT2D eigenvalue weighted by Gasteiger charge is 2.09. The van der Waals surface area contributed by atoms with Crippen LogP contribution in [-0.4, -0.2) is 22.1 Å². The SMILES string of the molecule is CCOC(=O)CCn1c(C)nc2cc(N)ccc21. The first kappa shape index (κ1) is 12.4. The molecular formula is C13H17N3O2. The molecule has 5 heteroatoms. The van der Waals surface area contributed by atoms with Crippen LogP contribution in [0.25, 0.3) is 11.0 Å². The van der Waals surface area contributed by atoms with Crippen molar-refractivity contribution in [2.24, 2.45) is 0 Å². The van der Waals surface area contributed by atoms with E-state index >= 15 is 0 Å². The number of hydrogen-bond acceptors (Lipinski definition) is 4.